The minimum atomic E-state index is -3.90. The maximum Gasteiger partial charge on any atom is 0.270 e. The molecular formula is C19H16N2O4S2. The van der Waals surface area contributed by atoms with Crippen molar-refractivity contribution in [2.45, 2.75) is 17.4 Å². The van der Waals surface area contributed by atoms with E-state index in [9.17, 15) is 18.5 Å². The highest BCUT2D eigenvalue weighted by molar-refractivity contribution is 7.89. The van der Waals surface area contributed by atoms with Crippen LogP contribution in [0.2, 0.25) is 0 Å². The van der Waals surface area contributed by atoms with Crippen LogP contribution in [0.1, 0.15) is 22.7 Å². The first-order valence-corrected chi connectivity index (χ1v) is 10.7. The van der Waals surface area contributed by atoms with E-state index in [0.717, 1.165) is 22.8 Å². The Morgan fingerprint density at radius 1 is 1.11 bits per heavy atom. The van der Waals surface area contributed by atoms with Gasteiger partial charge in [0, 0.05) is 18.7 Å². The van der Waals surface area contributed by atoms with Crippen LogP contribution in [0.25, 0.3) is 0 Å². The first-order valence-electron chi connectivity index (χ1n) is 8.34. The van der Waals surface area contributed by atoms with Gasteiger partial charge in [0.05, 0.1) is 15.9 Å². The fourth-order valence-corrected chi connectivity index (χ4v) is 5.79. The van der Waals surface area contributed by atoms with Gasteiger partial charge in [0.1, 0.15) is 0 Å². The molecule has 6 nitrogen and oxygen atoms in total. The van der Waals surface area contributed by atoms with Gasteiger partial charge in [0.25, 0.3) is 5.69 Å². The molecular weight excluding hydrogens is 384 g/mol. The van der Waals surface area contributed by atoms with E-state index in [1.54, 1.807) is 0 Å². The summed E-state index contributed by atoms with van der Waals surface area (Å²) in [5, 5.41) is 14.9. The Bertz CT molecular complexity index is 1090. The van der Waals surface area contributed by atoms with Crippen LogP contribution >= 0.6 is 11.3 Å². The van der Waals surface area contributed by atoms with Gasteiger partial charge >= 0.3 is 0 Å². The number of hydrogen-bond acceptors (Lipinski definition) is 5. The third-order valence-corrected chi connectivity index (χ3v) is 7.30. The zero-order chi connectivity index (χ0) is 19.0. The summed E-state index contributed by atoms with van der Waals surface area (Å²) in [6.07, 6.45) is 0.602. The van der Waals surface area contributed by atoms with Crippen LogP contribution in [0.3, 0.4) is 0 Å². The fourth-order valence-electron chi connectivity index (χ4n) is 3.47. The number of nitrogens with zero attached hydrogens (tertiary/aromatic N) is 2. The fraction of sp³-hybridized carbons (Fsp3) is 0.158. The van der Waals surface area contributed by atoms with E-state index in [2.05, 4.69) is 0 Å². The molecule has 1 aliphatic heterocycles. The normalized spacial score (nSPS) is 17.4. The van der Waals surface area contributed by atoms with Crippen LogP contribution in [0.15, 0.2) is 70.3 Å². The zero-order valence-corrected chi connectivity index (χ0v) is 15.8. The summed E-state index contributed by atoms with van der Waals surface area (Å²) in [7, 11) is -3.90. The lowest BCUT2D eigenvalue weighted by Gasteiger charge is -2.36. The molecule has 0 bridgehead atoms. The lowest BCUT2D eigenvalue weighted by Crippen LogP contribution is -2.40. The van der Waals surface area contributed by atoms with Crippen molar-refractivity contribution in [1.29, 1.82) is 0 Å². The second-order valence-corrected chi connectivity index (χ2v) is 8.95. The number of nitro groups is 1. The lowest BCUT2D eigenvalue weighted by molar-refractivity contribution is -0.385. The van der Waals surface area contributed by atoms with Gasteiger partial charge < -0.3 is 0 Å². The van der Waals surface area contributed by atoms with Gasteiger partial charge in [-0.2, -0.15) is 15.6 Å². The van der Waals surface area contributed by atoms with E-state index < -0.39 is 21.0 Å². The molecule has 1 unspecified atom stereocenters. The molecule has 0 spiro atoms. The number of benzene rings is 2. The third kappa shape index (κ3) is 3.16. The van der Waals surface area contributed by atoms with Crippen LogP contribution in [-0.2, 0) is 16.4 Å². The maximum atomic E-state index is 13.4. The van der Waals surface area contributed by atoms with Crippen molar-refractivity contribution >= 4 is 27.0 Å². The minimum absolute atomic E-state index is 0.0590. The van der Waals surface area contributed by atoms with Gasteiger partial charge in [-0.3, -0.25) is 10.1 Å². The summed E-state index contributed by atoms with van der Waals surface area (Å²) in [6.45, 7) is 0.322. The highest BCUT2D eigenvalue weighted by Gasteiger charge is 2.37. The summed E-state index contributed by atoms with van der Waals surface area (Å²) in [5.41, 5.74) is 2.75. The van der Waals surface area contributed by atoms with E-state index in [1.165, 1.54) is 33.8 Å². The van der Waals surface area contributed by atoms with Crippen LogP contribution in [0.4, 0.5) is 5.69 Å². The van der Waals surface area contributed by atoms with E-state index in [4.69, 9.17) is 0 Å². The summed E-state index contributed by atoms with van der Waals surface area (Å²) in [4.78, 5) is 10.4. The minimum Gasteiger partial charge on any atom is -0.258 e. The molecule has 0 N–H and O–H groups in total. The summed E-state index contributed by atoms with van der Waals surface area (Å²) in [5.74, 6) is 0. The molecule has 1 aromatic heterocycles. The number of non-ortho nitro benzene ring substituents is 1. The van der Waals surface area contributed by atoms with Crippen molar-refractivity contribution in [3.63, 3.8) is 0 Å². The average Bonchev–Trinajstić information content (AvgIpc) is 3.21. The predicted octanol–water partition coefficient (Wildman–Crippen LogP) is 3.99. The van der Waals surface area contributed by atoms with Crippen LogP contribution in [0.5, 0.6) is 0 Å². The Hall–Kier alpha value is -2.55. The quantitative estimate of drug-likeness (QED) is 0.490. The molecule has 8 heteroatoms. The van der Waals surface area contributed by atoms with Crippen molar-refractivity contribution in [3.8, 4) is 0 Å². The lowest BCUT2D eigenvalue weighted by atomic mass is 9.91. The SMILES string of the molecule is O=[N+]([O-])c1cccc(S(=O)(=O)N2CCc3ccccc3C2c2ccsc2)c1. The standard InChI is InChI=1S/C19H16N2O4S2/c22-21(23)16-5-3-6-17(12-16)27(24,25)20-10-8-14-4-1-2-7-18(14)19(20)15-9-11-26-13-15/h1-7,9,11-13,19H,8,10H2. The van der Waals surface area contributed by atoms with Crippen molar-refractivity contribution < 1.29 is 13.3 Å². The van der Waals surface area contributed by atoms with Gasteiger partial charge in [-0.1, -0.05) is 30.3 Å². The van der Waals surface area contributed by atoms with Gasteiger partial charge in [0.2, 0.25) is 10.0 Å². The molecule has 4 rings (SSSR count). The average molecular weight is 400 g/mol. The molecule has 1 atom stereocenters. The highest BCUT2D eigenvalue weighted by atomic mass is 32.2. The Labute approximate surface area is 160 Å². The molecule has 27 heavy (non-hydrogen) atoms. The van der Waals surface area contributed by atoms with Crippen LogP contribution in [0, 0.1) is 10.1 Å². The highest BCUT2D eigenvalue weighted by Crippen LogP contribution is 2.39. The number of hydrogen-bond donors (Lipinski definition) is 0. The van der Waals surface area contributed by atoms with Crippen LogP contribution < -0.4 is 0 Å². The molecule has 1 aliphatic rings. The second-order valence-electron chi connectivity index (χ2n) is 6.28. The van der Waals surface area contributed by atoms with Crippen molar-refractivity contribution in [1.82, 2.24) is 4.31 Å². The smallest absolute Gasteiger partial charge is 0.258 e. The molecule has 0 radical (unpaired) electrons. The number of thiophene rings is 1. The van der Waals surface area contributed by atoms with Crippen LogP contribution in [-0.4, -0.2) is 24.2 Å². The molecule has 3 aromatic rings. The molecule has 2 aromatic carbocycles. The van der Waals surface area contributed by atoms with Crippen molar-refractivity contribution in [2.75, 3.05) is 6.54 Å². The summed E-state index contributed by atoms with van der Waals surface area (Å²) in [6, 6.07) is 14.5. The second kappa shape index (κ2) is 6.88. The Morgan fingerprint density at radius 2 is 1.93 bits per heavy atom. The topological polar surface area (TPSA) is 80.5 Å². The van der Waals surface area contributed by atoms with Gasteiger partial charge in [0.15, 0.2) is 0 Å². The largest absolute Gasteiger partial charge is 0.270 e. The Kier molecular flexibility index (Phi) is 4.55. The van der Waals surface area contributed by atoms with Gasteiger partial charge in [-0.05, 0) is 46.0 Å². The number of sulfonamides is 1. The molecule has 0 fully saturated rings. The van der Waals surface area contributed by atoms with E-state index in [0.29, 0.717) is 13.0 Å². The predicted molar refractivity (Wildman–Crippen MR) is 103 cm³/mol. The molecule has 0 amide bonds. The molecule has 2 heterocycles. The van der Waals surface area contributed by atoms with Crippen molar-refractivity contribution in [2.24, 2.45) is 0 Å². The molecule has 0 saturated heterocycles. The molecule has 0 aliphatic carbocycles. The molecule has 138 valence electrons. The number of fused-ring (bicyclic) bond motifs is 1. The Balaban J connectivity index is 1.84. The van der Waals surface area contributed by atoms with E-state index in [-0.39, 0.29) is 10.6 Å². The monoisotopic (exact) mass is 400 g/mol. The summed E-state index contributed by atoms with van der Waals surface area (Å²) >= 11 is 1.51. The number of nitro benzene ring substituents is 1. The van der Waals surface area contributed by atoms with Gasteiger partial charge in [-0.25, -0.2) is 8.42 Å². The maximum absolute atomic E-state index is 13.4. The number of rotatable bonds is 4. The zero-order valence-electron chi connectivity index (χ0n) is 14.2. The van der Waals surface area contributed by atoms with E-state index >= 15 is 0 Å². The Morgan fingerprint density at radius 3 is 2.67 bits per heavy atom. The van der Waals surface area contributed by atoms with E-state index in [1.807, 2.05) is 41.1 Å². The molecule has 0 saturated carbocycles. The van der Waals surface area contributed by atoms with Crippen molar-refractivity contribution in [3.05, 3.63) is 92.2 Å². The first kappa shape index (κ1) is 17.8. The van der Waals surface area contributed by atoms with Gasteiger partial charge in [-0.15, -0.1) is 0 Å². The summed E-state index contributed by atoms with van der Waals surface area (Å²) < 4.78 is 28.2. The third-order valence-electron chi connectivity index (χ3n) is 4.73. The first-order chi connectivity index (χ1) is 13.0.